The van der Waals surface area contributed by atoms with Gasteiger partial charge in [0.2, 0.25) is 0 Å². The van der Waals surface area contributed by atoms with Crippen LogP contribution in [-0.4, -0.2) is 27.8 Å². The average molecular weight is 249 g/mol. The predicted molar refractivity (Wildman–Crippen MR) is 68.8 cm³/mol. The second-order valence-corrected chi connectivity index (χ2v) is 4.65. The van der Waals surface area contributed by atoms with Crippen molar-refractivity contribution in [1.82, 2.24) is 15.3 Å². The Labute approximate surface area is 106 Å². The molecule has 90 valence electrons. The highest BCUT2D eigenvalue weighted by Crippen LogP contribution is 2.37. The Bertz CT molecular complexity index is 425. The maximum absolute atomic E-state index is 12.3. The van der Waals surface area contributed by atoms with E-state index in [1.807, 2.05) is 0 Å². The average Bonchev–Trinajstić information content (AvgIpc) is 2.39. The number of hydrogen-bond acceptors (Lipinski definition) is 4. The number of nitrogens with zero attached hydrogens (tertiary/aromatic N) is 2. The highest BCUT2D eigenvalue weighted by molar-refractivity contribution is 7.80. The highest BCUT2D eigenvalue weighted by atomic mass is 32.1. The standard InChI is InChI=1S/C12H15N3OS/c1-13-11(17)12(5-3-2-4-10(12)16)9-6-14-8-15-7-9/h6-8H,2-5H2,1H3,(H,13,17). The van der Waals surface area contributed by atoms with E-state index in [-0.39, 0.29) is 5.78 Å². The van der Waals surface area contributed by atoms with Crippen molar-refractivity contribution in [3.05, 3.63) is 24.3 Å². The normalized spacial score (nSPS) is 24.4. The number of carbonyl (C=O) groups is 1. The van der Waals surface area contributed by atoms with Gasteiger partial charge in [-0.15, -0.1) is 0 Å². The number of Topliss-reactive ketones (excluding diaryl/α,β-unsaturated/α-hetero) is 1. The molecular formula is C12H15N3OS. The minimum Gasteiger partial charge on any atom is -0.382 e. The molecule has 0 amide bonds. The number of likely N-dealkylation sites (N-methyl/N-ethyl adjacent to an activating group) is 1. The number of ketones is 1. The van der Waals surface area contributed by atoms with E-state index in [0.717, 1.165) is 24.8 Å². The van der Waals surface area contributed by atoms with E-state index in [1.165, 1.54) is 6.33 Å². The molecule has 0 bridgehead atoms. The van der Waals surface area contributed by atoms with Crippen LogP contribution < -0.4 is 5.32 Å². The van der Waals surface area contributed by atoms with Crippen molar-refractivity contribution < 1.29 is 4.79 Å². The van der Waals surface area contributed by atoms with E-state index in [2.05, 4.69) is 15.3 Å². The molecule has 17 heavy (non-hydrogen) atoms. The van der Waals surface area contributed by atoms with Gasteiger partial charge in [-0.1, -0.05) is 18.6 Å². The van der Waals surface area contributed by atoms with E-state index >= 15 is 0 Å². The van der Waals surface area contributed by atoms with Crippen molar-refractivity contribution in [2.24, 2.45) is 0 Å². The van der Waals surface area contributed by atoms with Crippen LogP contribution in [0, 0.1) is 0 Å². The van der Waals surface area contributed by atoms with Gasteiger partial charge in [0, 0.05) is 31.4 Å². The monoisotopic (exact) mass is 249 g/mol. The Morgan fingerprint density at radius 1 is 1.41 bits per heavy atom. The van der Waals surface area contributed by atoms with Gasteiger partial charge in [0.15, 0.2) is 0 Å². The first-order chi connectivity index (χ1) is 8.21. The number of thiocarbonyl (C=S) groups is 1. The number of aromatic nitrogens is 2. The molecule has 5 heteroatoms. The molecule has 0 aromatic carbocycles. The Morgan fingerprint density at radius 2 is 2.12 bits per heavy atom. The topological polar surface area (TPSA) is 54.9 Å². The van der Waals surface area contributed by atoms with Crippen molar-refractivity contribution in [3.63, 3.8) is 0 Å². The quantitative estimate of drug-likeness (QED) is 0.803. The molecule has 1 aromatic rings. The van der Waals surface area contributed by atoms with Crippen LogP contribution in [0.5, 0.6) is 0 Å². The van der Waals surface area contributed by atoms with Gasteiger partial charge < -0.3 is 5.32 Å². The summed E-state index contributed by atoms with van der Waals surface area (Å²) in [6.45, 7) is 0. The molecule has 1 aliphatic carbocycles. The van der Waals surface area contributed by atoms with Gasteiger partial charge in [-0.2, -0.15) is 0 Å². The first kappa shape index (κ1) is 12.1. The molecule has 0 aliphatic heterocycles. The fraction of sp³-hybridized carbons (Fsp3) is 0.500. The summed E-state index contributed by atoms with van der Waals surface area (Å²) in [5.74, 6) is 0.179. The summed E-state index contributed by atoms with van der Waals surface area (Å²) in [6.07, 6.45) is 8.13. The molecule has 1 atom stereocenters. The third-order valence-electron chi connectivity index (χ3n) is 3.35. The number of nitrogens with one attached hydrogen (secondary N) is 1. The Hall–Kier alpha value is -1.36. The van der Waals surface area contributed by atoms with Crippen LogP contribution in [0.1, 0.15) is 31.2 Å². The summed E-state index contributed by atoms with van der Waals surface area (Å²) >= 11 is 5.36. The maximum Gasteiger partial charge on any atom is 0.150 e. The van der Waals surface area contributed by atoms with Crippen molar-refractivity contribution in [3.8, 4) is 0 Å². The predicted octanol–water partition coefficient (Wildman–Crippen LogP) is 1.40. The van der Waals surface area contributed by atoms with E-state index in [9.17, 15) is 4.79 Å². The fourth-order valence-electron chi connectivity index (χ4n) is 2.44. The van der Waals surface area contributed by atoms with E-state index in [4.69, 9.17) is 12.2 Å². The SMILES string of the molecule is CNC(=S)C1(c2cncnc2)CCCCC1=O. The lowest BCUT2D eigenvalue weighted by Crippen LogP contribution is -2.49. The third kappa shape index (κ3) is 1.95. The van der Waals surface area contributed by atoms with Crippen LogP contribution in [0.15, 0.2) is 18.7 Å². The lowest BCUT2D eigenvalue weighted by Gasteiger charge is -2.35. The largest absolute Gasteiger partial charge is 0.382 e. The maximum atomic E-state index is 12.3. The Kier molecular flexibility index (Phi) is 3.47. The van der Waals surface area contributed by atoms with Gasteiger partial charge in [0.05, 0.1) is 4.99 Å². The number of rotatable bonds is 2. The smallest absolute Gasteiger partial charge is 0.150 e. The molecule has 4 nitrogen and oxygen atoms in total. The molecule has 1 aromatic heterocycles. The second-order valence-electron chi connectivity index (χ2n) is 4.24. The van der Waals surface area contributed by atoms with Crippen molar-refractivity contribution >= 4 is 23.0 Å². The minimum atomic E-state index is -0.705. The van der Waals surface area contributed by atoms with Gasteiger partial charge >= 0.3 is 0 Å². The first-order valence-electron chi connectivity index (χ1n) is 5.73. The van der Waals surface area contributed by atoms with E-state index < -0.39 is 5.41 Å². The lowest BCUT2D eigenvalue weighted by molar-refractivity contribution is -0.124. The van der Waals surface area contributed by atoms with Crippen LogP contribution >= 0.6 is 12.2 Å². The number of hydrogen-bond donors (Lipinski definition) is 1. The molecule has 1 fully saturated rings. The molecule has 1 N–H and O–H groups in total. The summed E-state index contributed by atoms with van der Waals surface area (Å²) in [5, 5.41) is 2.96. The lowest BCUT2D eigenvalue weighted by atomic mass is 9.69. The molecule has 2 rings (SSSR count). The van der Waals surface area contributed by atoms with Gasteiger partial charge in [-0.05, 0) is 12.8 Å². The zero-order valence-corrected chi connectivity index (χ0v) is 10.6. The van der Waals surface area contributed by atoms with Crippen LogP contribution in [0.2, 0.25) is 0 Å². The van der Waals surface area contributed by atoms with Crippen LogP contribution in [0.3, 0.4) is 0 Å². The summed E-state index contributed by atoms with van der Waals surface area (Å²) in [5.41, 5.74) is 0.105. The Morgan fingerprint density at radius 3 is 2.71 bits per heavy atom. The molecule has 1 heterocycles. The summed E-state index contributed by atoms with van der Waals surface area (Å²) in [6, 6.07) is 0. The van der Waals surface area contributed by atoms with Gasteiger partial charge in [-0.25, -0.2) is 9.97 Å². The molecule has 0 radical (unpaired) electrons. The molecular weight excluding hydrogens is 234 g/mol. The summed E-state index contributed by atoms with van der Waals surface area (Å²) in [7, 11) is 1.76. The Balaban J connectivity index is 2.50. The van der Waals surface area contributed by atoms with Crippen LogP contribution in [-0.2, 0) is 10.2 Å². The minimum absolute atomic E-state index is 0.179. The van der Waals surface area contributed by atoms with Gasteiger partial charge in [0.1, 0.15) is 17.5 Å². The van der Waals surface area contributed by atoms with Crippen molar-refractivity contribution in [2.45, 2.75) is 31.1 Å². The molecule has 0 saturated heterocycles. The summed E-state index contributed by atoms with van der Waals surface area (Å²) in [4.78, 5) is 20.9. The number of carbonyl (C=O) groups excluding carboxylic acids is 1. The zero-order valence-electron chi connectivity index (χ0n) is 9.77. The molecule has 1 aliphatic rings. The van der Waals surface area contributed by atoms with Gasteiger partial charge in [-0.3, -0.25) is 4.79 Å². The third-order valence-corrected chi connectivity index (χ3v) is 3.90. The van der Waals surface area contributed by atoms with Crippen molar-refractivity contribution in [1.29, 1.82) is 0 Å². The van der Waals surface area contributed by atoms with Crippen LogP contribution in [0.25, 0.3) is 0 Å². The second kappa shape index (κ2) is 4.87. The zero-order chi connectivity index (χ0) is 12.3. The highest BCUT2D eigenvalue weighted by Gasteiger charge is 2.45. The first-order valence-corrected chi connectivity index (χ1v) is 6.13. The van der Waals surface area contributed by atoms with E-state index in [1.54, 1.807) is 19.4 Å². The van der Waals surface area contributed by atoms with Crippen molar-refractivity contribution in [2.75, 3.05) is 7.05 Å². The fourth-order valence-corrected chi connectivity index (χ4v) is 2.77. The van der Waals surface area contributed by atoms with Crippen LogP contribution in [0.4, 0.5) is 0 Å². The molecule has 1 unspecified atom stereocenters. The van der Waals surface area contributed by atoms with E-state index in [0.29, 0.717) is 11.4 Å². The van der Waals surface area contributed by atoms with Gasteiger partial charge in [0.25, 0.3) is 0 Å². The molecule has 1 saturated carbocycles. The summed E-state index contributed by atoms with van der Waals surface area (Å²) < 4.78 is 0. The molecule has 0 spiro atoms.